The first-order chi connectivity index (χ1) is 14.3. The highest BCUT2D eigenvalue weighted by atomic mass is 16.6. The second kappa shape index (κ2) is 9.50. The van der Waals surface area contributed by atoms with Gasteiger partial charge in [-0.25, -0.2) is 9.59 Å². The van der Waals surface area contributed by atoms with Gasteiger partial charge in [-0.15, -0.1) is 0 Å². The molecule has 0 aromatic rings. The van der Waals surface area contributed by atoms with E-state index >= 15 is 0 Å². The first kappa shape index (κ1) is 25.0. The zero-order valence-corrected chi connectivity index (χ0v) is 19.0. The Bertz CT molecular complexity index is 779. The minimum absolute atomic E-state index is 0.150. The lowest BCUT2D eigenvalue weighted by Crippen LogP contribution is -2.65. The van der Waals surface area contributed by atoms with E-state index < -0.39 is 29.2 Å². The van der Waals surface area contributed by atoms with Crippen molar-refractivity contribution in [1.82, 2.24) is 4.90 Å². The number of rotatable bonds is 8. The molecule has 0 amide bonds. The molecule has 174 valence electrons. The van der Waals surface area contributed by atoms with Crippen LogP contribution in [0.3, 0.4) is 0 Å². The van der Waals surface area contributed by atoms with Gasteiger partial charge in [0, 0.05) is 25.6 Å². The van der Waals surface area contributed by atoms with Crippen molar-refractivity contribution < 1.29 is 38.8 Å². The number of aliphatic hydroxyl groups excluding tert-OH is 1. The summed E-state index contributed by atoms with van der Waals surface area (Å²) in [5, 5.41) is 20.8. The lowest BCUT2D eigenvalue weighted by Gasteiger charge is -2.41. The van der Waals surface area contributed by atoms with Crippen LogP contribution in [0, 0.1) is 0 Å². The lowest BCUT2D eigenvalue weighted by molar-refractivity contribution is -0.228. The zero-order valence-electron chi connectivity index (χ0n) is 19.0. The van der Waals surface area contributed by atoms with Crippen molar-refractivity contribution in [1.29, 1.82) is 0 Å². The molecule has 2 heterocycles. The summed E-state index contributed by atoms with van der Waals surface area (Å²) in [6.45, 7) is 9.51. The molecular weight excluding hydrogens is 406 g/mol. The van der Waals surface area contributed by atoms with Crippen molar-refractivity contribution in [3.8, 4) is 0 Å². The number of carbonyl (C=O) groups is 3. The first-order valence-corrected chi connectivity index (χ1v) is 10.4. The summed E-state index contributed by atoms with van der Waals surface area (Å²) in [5.41, 5.74) is -2.93. The second-order valence-electron chi connectivity index (χ2n) is 8.56. The number of hydrogen-bond donors (Lipinski definition) is 2. The highest BCUT2D eigenvalue weighted by molar-refractivity contribution is 5.88. The lowest BCUT2D eigenvalue weighted by atomic mass is 9.81. The predicted molar refractivity (Wildman–Crippen MR) is 111 cm³/mol. The largest absolute Gasteiger partial charge is 0.458 e. The fourth-order valence-electron chi connectivity index (χ4n) is 4.14. The molecule has 9 nitrogen and oxygen atoms in total. The smallest absolute Gasteiger partial charge is 0.356 e. The maximum absolute atomic E-state index is 13.0. The Morgan fingerprint density at radius 2 is 1.97 bits per heavy atom. The topological polar surface area (TPSA) is 123 Å². The van der Waals surface area contributed by atoms with Gasteiger partial charge in [0.05, 0.1) is 6.04 Å². The van der Waals surface area contributed by atoms with Gasteiger partial charge < -0.3 is 24.4 Å². The average molecular weight is 440 g/mol. The van der Waals surface area contributed by atoms with E-state index in [4.69, 9.17) is 14.2 Å². The Morgan fingerprint density at radius 1 is 1.32 bits per heavy atom. The second-order valence-corrected chi connectivity index (χ2v) is 8.56. The standard InChI is InChI=1S/C22H33NO8/c1-7-13(2)19(26)30-17-9-11-23-10-8-16(18(17)23)12-29-20(27)22(14(3)24,21(5,6)28)31-15(4)25/h7-8,14,17-18,24,28H,9-12H2,1-6H3. The van der Waals surface area contributed by atoms with Gasteiger partial charge in [0.25, 0.3) is 5.60 Å². The van der Waals surface area contributed by atoms with E-state index in [0.29, 0.717) is 18.5 Å². The highest BCUT2D eigenvalue weighted by Gasteiger charge is 2.59. The van der Waals surface area contributed by atoms with Crippen LogP contribution >= 0.6 is 0 Å². The molecule has 2 aliphatic heterocycles. The fraction of sp³-hybridized carbons (Fsp3) is 0.682. The van der Waals surface area contributed by atoms with Crippen LogP contribution in [0.15, 0.2) is 23.3 Å². The molecule has 0 saturated carbocycles. The Morgan fingerprint density at radius 3 is 2.48 bits per heavy atom. The molecule has 2 rings (SSSR count). The molecule has 4 atom stereocenters. The van der Waals surface area contributed by atoms with Crippen LogP contribution in [0.25, 0.3) is 0 Å². The Balaban J connectivity index is 2.16. The van der Waals surface area contributed by atoms with Crippen LogP contribution < -0.4 is 0 Å². The molecule has 0 radical (unpaired) electrons. The van der Waals surface area contributed by atoms with E-state index in [9.17, 15) is 24.6 Å². The van der Waals surface area contributed by atoms with E-state index in [1.165, 1.54) is 20.8 Å². The molecule has 0 spiro atoms. The summed E-state index contributed by atoms with van der Waals surface area (Å²) >= 11 is 0. The number of allylic oxidation sites excluding steroid dienone is 1. The molecule has 2 aliphatic rings. The number of aliphatic hydroxyl groups is 2. The minimum atomic E-state index is -2.29. The predicted octanol–water partition coefficient (Wildman–Crippen LogP) is 0.876. The van der Waals surface area contributed by atoms with Gasteiger partial charge in [-0.3, -0.25) is 9.69 Å². The summed E-state index contributed by atoms with van der Waals surface area (Å²) in [7, 11) is 0. The third kappa shape index (κ3) is 4.99. The van der Waals surface area contributed by atoms with E-state index in [2.05, 4.69) is 4.90 Å². The van der Waals surface area contributed by atoms with Crippen molar-refractivity contribution in [3.63, 3.8) is 0 Å². The van der Waals surface area contributed by atoms with E-state index in [-0.39, 0.29) is 24.7 Å². The van der Waals surface area contributed by atoms with E-state index in [0.717, 1.165) is 19.0 Å². The van der Waals surface area contributed by atoms with E-state index in [1.807, 2.05) is 6.08 Å². The monoisotopic (exact) mass is 439 g/mol. The number of esters is 3. The van der Waals surface area contributed by atoms with Crippen LogP contribution in [0.4, 0.5) is 0 Å². The fourth-order valence-corrected chi connectivity index (χ4v) is 4.14. The van der Waals surface area contributed by atoms with Gasteiger partial charge in [-0.05, 0) is 46.6 Å². The minimum Gasteiger partial charge on any atom is -0.458 e. The molecule has 0 aliphatic carbocycles. The molecule has 1 fully saturated rings. The number of ether oxygens (including phenoxy) is 3. The van der Waals surface area contributed by atoms with Crippen LogP contribution in [-0.4, -0.2) is 82.2 Å². The molecule has 1 saturated heterocycles. The van der Waals surface area contributed by atoms with Crippen LogP contribution in [-0.2, 0) is 28.6 Å². The summed E-state index contributed by atoms with van der Waals surface area (Å²) in [6, 6.07) is -0.224. The molecule has 2 N–H and O–H groups in total. The van der Waals surface area contributed by atoms with Gasteiger partial charge >= 0.3 is 17.9 Å². The third-order valence-electron chi connectivity index (χ3n) is 5.90. The number of carbonyl (C=O) groups excluding carboxylic acids is 3. The molecule has 0 aromatic carbocycles. The van der Waals surface area contributed by atoms with Gasteiger partial charge in [0.1, 0.15) is 24.4 Å². The Kier molecular flexibility index (Phi) is 7.67. The first-order valence-electron chi connectivity index (χ1n) is 10.4. The maximum atomic E-state index is 13.0. The number of hydrogen-bond acceptors (Lipinski definition) is 9. The molecule has 0 aromatic heterocycles. The summed E-state index contributed by atoms with van der Waals surface area (Å²) in [6.07, 6.45) is 2.35. The molecule has 9 heteroatoms. The van der Waals surface area contributed by atoms with E-state index in [1.54, 1.807) is 19.9 Å². The van der Waals surface area contributed by atoms with Crippen molar-refractivity contribution >= 4 is 17.9 Å². The van der Waals surface area contributed by atoms with Crippen molar-refractivity contribution in [2.45, 2.75) is 77.4 Å². The summed E-state index contributed by atoms with van der Waals surface area (Å²) < 4.78 is 16.2. The molecule has 4 unspecified atom stereocenters. The molecule has 31 heavy (non-hydrogen) atoms. The van der Waals surface area contributed by atoms with Crippen molar-refractivity contribution in [2.24, 2.45) is 0 Å². The molecular formula is C22H33NO8. The van der Waals surface area contributed by atoms with Gasteiger partial charge in [-0.1, -0.05) is 12.2 Å². The quantitative estimate of drug-likeness (QED) is 0.245. The maximum Gasteiger partial charge on any atom is 0.356 e. The summed E-state index contributed by atoms with van der Waals surface area (Å²) in [4.78, 5) is 38.9. The third-order valence-corrected chi connectivity index (χ3v) is 5.90. The zero-order chi connectivity index (χ0) is 23.6. The average Bonchev–Trinajstić information content (AvgIpc) is 3.25. The number of fused-ring (bicyclic) bond motifs is 1. The normalized spacial score (nSPS) is 24.6. The van der Waals surface area contributed by atoms with Gasteiger partial charge in [-0.2, -0.15) is 0 Å². The number of nitrogens with zero attached hydrogens (tertiary/aromatic N) is 1. The molecule has 0 bridgehead atoms. The Hall–Kier alpha value is -2.23. The van der Waals surface area contributed by atoms with Crippen molar-refractivity contribution in [3.05, 3.63) is 23.3 Å². The van der Waals surface area contributed by atoms with Crippen LogP contribution in [0.1, 0.15) is 48.0 Å². The highest BCUT2D eigenvalue weighted by Crippen LogP contribution is 2.34. The van der Waals surface area contributed by atoms with Crippen LogP contribution in [0.2, 0.25) is 0 Å². The van der Waals surface area contributed by atoms with Crippen LogP contribution in [0.5, 0.6) is 0 Å². The SMILES string of the molecule is CC=C(C)C(=O)OC1CCN2CC=C(COC(=O)C(OC(C)=O)(C(C)O)C(C)(C)O)C12. The van der Waals surface area contributed by atoms with Gasteiger partial charge in [0.2, 0.25) is 0 Å². The summed E-state index contributed by atoms with van der Waals surface area (Å²) in [5.74, 6) is -2.28. The van der Waals surface area contributed by atoms with Gasteiger partial charge in [0.15, 0.2) is 0 Å². The Labute approximate surface area is 182 Å². The van der Waals surface area contributed by atoms with Crippen molar-refractivity contribution in [2.75, 3.05) is 19.7 Å².